The predicted octanol–water partition coefficient (Wildman–Crippen LogP) is 2.75. The summed E-state index contributed by atoms with van der Waals surface area (Å²) in [5.74, 6) is 0.494. The highest BCUT2D eigenvalue weighted by atomic mass is 19.4. The summed E-state index contributed by atoms with van der Waals surface area (Å²) in [5, 5.41) is 21.2. The van der Waals surface area contributed by atoms with Crippen molar-refractivity contribution in [3.63, 3.8) is 0 Å². The number of aliphatic hydroxyl groups excluding tert-OH is 1. The molecule has 1 aliphatic heterocycles. The number of nitrogens with zero attached hydrogens (tertiary/aromatic N) is 5. The lowest BCUT2D eigenvalue weighted by Gasteiger charge is -2.28. The van der Waals surface area contributed by atoms with Gasteiger partial charge in [0.25, 0.3) is 5.91 Å². The topological polar surface area (TPSA) is 125 Å². The van der Waals surface area contributed by atoms with E-state index in [1.807, 2.05) is 6.07 Å². The van der Waals surface area contributed by atoms with Gasteiger partial charge in [-0.2, -0.15) is 18.3 Å². The van der Waals surface area contributed by atoms with Crippen LogP contribution in [0.15, 0.2) is 36.7 Å². The second kappa shape index (κ2) is 10.8. The summed E-state index contributed by atoms with van der Waals surface area (Å²) in [5.41, 5.74) is 0.881. The first-order valence-corrected chi connectivity index (χ1v) is 11.1. The maximum Gasteiger partial charge on any atom is 0.435 e. The SMILES string of the molecule is Cc1ncc(NC(=O)c2cnnc(C(F)(F)F)c2)cc1-c1cc(NCCO)nc(N2CCOCC2)c1. The summed E-state index contributed by atoms with van der Waals surface area (Å²) in [6.07, 6.45) is -2.34. The number of ether oxygens (including phenoxy) is 1. The van der Waals surface area contributed by atoms with Crippen LogP contribution in [0.4, 0.5) is 30.5 Å². The number of morpholine rings is 1. The molecule has 4 rings (SSSR count). The van der Waals surface area contributed by atoms with E-state index < -0.39 is 17.8 Å². The third-order valence-corrected chi connectivity index (χ3v) is 5.43. The Bertz CT molecular complexity index is 1230. The van der Waals surface area contributed by atoms with Crippen LogP contribution in [0.25, 0.3) is 11.1 Å². The highest BCUT2D eigenvalue weighted by Crippen LogP contribution is 2.31. The number of amides is 1. The van der Waals surface area contributed by atoms with Gasteiger partial charge in [-0.05, 0) is 36.8 Å². The Morgan fingerprint density at radius 3 is 2.67 bits per heavy atom. The van der Waals surface area contributed by atoms with E-state index in [-0.39, 0.29) is 12.2 Å². The summed E-state index contributed by atoms with van der Waals surface area (Å²) < 4.78 is 44.3. The normalized spacial score (nSPS) is 14.0. The largest absolute Gasteiger partial charge is 0.435 e. The molecule has 0 unspecified atom stereocenters. The van der Waals surface area contributed by atoms with Gasteiger partial charge in [-0.25, -0.2) is 4.98 Å². The monoisotopic (exact) mass is 503 g/mol. The summed E-state index contributed by atoms with van der Waals surface area (Å²) in [6, 6.07) is 6.03. The Hall–Kier alpha value is -3.84. The molecule has 0 radical (unpaired) electrons. The first-order chi connectivity index (χ1) is 17.2. The van der Waals surface area contributed by atoms with Crippen molar-refractivity contribution in [3.05, 3.63) is 53.6 Å². The van der Waals surface area contributed by atoms with Crippen LogP contribution >= 0.6 is 0 Å². The zero-order valence-corrected chi connectivity index (χ0v) is 19.3. The van der Waals surface area contributed by atoms with Crippen molar-refractivity contribution < 1.29 is 27.8 Å². The number of pyridine rings is 2. The molecule has 1 saturated heterocycles. The van der Waals surface area contributed by atoms with Gasteiger partial charge in [0, 0.05) is 30.9 Å². The maximum absolute atomic E-state index is 12.9. The lowest BCUT2D eigenvalue weighted by atomic mass is 10.0. The van der Waals surface area contributed by atoms with E-state index in [4.69, 9.17) is 4.74 Å². The summed E-state index contributed by atoms with van der Waals surface area (Å²) >= 11 is 0. The standard InChI is InChI=1S/C23H24F3N7O3/c1-14-18(15-9-20(27-2-5-34)31-21(10-15)33-3-6-36-7-4-33)11-17(13-28-14)30-22(35)16-8-19(23(24,25)26)32-29-12-16/h8-13,34H,2-7H2,1H3,(H,27,31)(H,30,35). The fourth-order valence-electron chi connectivity index (χ4n) is 3.63. The molecular formula is C23H24F3N7O3. The molecule has 3 aromatic rings. The fourth-order valence-corrected chi connectivity index (χ4v) is 3.63. The van der Waals surface area contributed by atoms with E-state index >= 15 is 0 Å². The van der Waals surface area contributed by atoms with Crippen LogP contribution in [0.3, 0.4) is 0 Å². The lowest BCUT2D eigenvalue weighted by molar-refractivity contribution is -0.141. The van der Waals surface area contributed by atoms with Gasteiger partial charge in [-0.1, -0.05) is 0 Å². The minimum absolute atomic E-state index is 0.0686. The number of rotatable bonds is 7. The molecule has 0 spiro atoms. The molecule has 1 fully saturated rings. The van der Waals surface area contributed by atoms with Crippen LogP contribution in [-0.4, -0.2) is 70.6 Å². The van der Waals surface area contributed by atoms with Crippen LogP contribution in [0.5, 0.6) is 0 Å². The predicted molar refractivity (Wildman–Crippen MR) is 126 cm³/mol. The number of carbonyl (C=O) groups is 1. The van der Waals surface area contributed by atoms with Crippen molar-refractivity contribution in [2.45, 2.75) is 13.1 Å². The van der Waals surface area contributed by atoms with Gasteiger partial charge in [-0.3, -0.25) is 9.78 Å². The van der Waals surface area contributed by atoms with Crippen LogP contribution in [0.1, 0.15) is 21.7 Å². The van der Waals surface area contributed by atoms with Gasteiger partial charge in [0.2, 0.25) is 0 Å². The van der Waals surface area contributed by atoms with E-state index in [9.17, 15) is 23.1 Å². The van der Waals surface area contributed by atoms with E-state index in [0.29, 0.717) is 67.5 Å². The quantitative estimate of drug-likeness (QED) is 0.446. The highest BCUT2D eigenvalue weighted by molar-refractivity contribution is 6.04. The second-order valence-corrected chi connectivity index (χ2v) is 7.99. The Morgan fingerprint density at radius 1 is 1.17 bits per heavy atom. The smallest absolute Gasteiger partial charge is 0.395 e. The molecule has 13 heteroatoms. The summed E-state index contributed by atoms with van der Waals surface area (Å²) in [7, 11) is 0. The fraction of sp³-hybridized carbons (Fsp3) is 0.348. The second-order valence-electron chi connectivity index (χ2n) is 7.99. The van der Waals surface area contributed by atoms with Gasteiger partial charge in [0.05, 0.1) is 43.5 Å². The molecule has 190 valence electrons. The molecule has 0 bridgehead atoms. The molecule has 3 aromatic heterocycles. The van der Waals surface area contributed by atoms with Crippen LogP contribution < -0.4 is 15.5 Å². The van der Waals surface area contributed by atoms with E-state index in [2.05, 4.69) is 35.7 Å². The van der Waals surface area contributed by atoms with Crippen molar-refractivity contribution >= 4 is 23.2 Å². The molecule has 0 aliphatic carbocycles. The van der Waals surface area contributed by atoms with Crippen LogP contribution in [-0.2, 0) is 10.9 Å². The highest BCUT2D eigenvalue weighted by Gasteiger charge is 2.33. The molecule has 36 heavy (non-hydrogen) atoms. The van der Waals surface area contributed by atoms with Crippen molar-refractivity contribution in [1.82, 2.24) is 20.2 Å². The van der Waals surface area contributed by atoms with Gasteiger partial charge >= 0.3 is 6.18 Å². The third-order valence-electron chi connectivity index (χ3n) is 5.43. The average Bonchev–Trinajstić information content (AvgIpc) is 2.88. The number of aromatic nitrogens is 4. The number of alkyl halides is 3. The minimum Gasteiger partial charge on any atom is -0.395 e. The third kappa shape index (κ3) is 6.04. The molecular weight excluding hydrogens is 479 g/mol. The van der Waals surface area contributed by atoms with Gasteiger partial charge < -0.3 is 25.4 Å². The number of nitrogens with one attached hydrogen (secondary N) is 2. The Labute approximate surface area is 204 Å². The lowest BCUT2D eigenvalue weighted by Crippen LogP contribution is -2.36. The van der Waals surface area contributed by atoms with Crippen molar-refractivity contribution in [1.29, 1.82) is 0 Å². The molecule has 0 atom stereocenters. The molecule has 10 nitrogen and oxygen atoms in total. The van der Waals surface area contributed by atoms with Crippen molar-refractivity contribution in [3.8, 4) is 11.1 Å². The molecule has 4 heterocycles. The number of carbonyl (C=O) groups excluding carboxylic acids is 1. The number of hydrogen-bond donors (Lipinski definition) is 3. The Balaban J connectivity index is 1.64. The summed E-state index contributed by atoms with van der Waals surface area (Å²) in [4.78, 5) is 23.7. The molecule has 0 aromatic carbocycles. The van der Waals surface area contributed by atoms with Gasteiger partial charge in [0.15, 0.2) is 5.69 Å². The van der Waals surface area contributed by atoms with Gasteiger partial charge in [-0.15, -0.1) is 5.10 Å². The number of aryl methyl sites for hydroxylation is 1. The first kappa shape index (κ1) is 25.3. The van der Waals surface area contributed by atoms with E-state index in [0.717, 1.165) is 11.8 Å². The Kier molecular flexibility index (Phi) is 7.60. The maximum atomic E-state index is 12.9. The Morgan fingerprint density at radius 2 is 1.94 bits per heavy atom. The van der Waals surface area contributed by atoms with Crippen LogP contribution in [0.2, 0.25) is 0 Å². The first-order valence-electron chi connectivity index (χ1n) is 11.1. The molecule has 1 amide bonds. The number of halogens is 3. The van der Waals surface area contributed by atoms with Gasteiger partial charge in [0.1, 0.15) is 11.6 Å². The molecule has 1 aliphatic rings. The molecule has 0 saturated carbocycles. The van der Waals surface area contributed by atoms with E-state index in [1.54, 1.807) is 19.1 Å². The summed E-state index contributed by atoms with van der Waals surface area (Å²) in [6.45, 7) is 4.54. The zero-order valence-electron chi connectivity index (χ0n) is 19.3. The van der Waals surface area contributed by atoms with Crippen molar-refractivity contribution in [2.75, 3.05) is 55.0 Å². The van der Waals surface area contributed by atoms with Crippen LogP contribution in [0, 0.1) is 6.92 Å². The van der Waals surface area contributed by atoms with E-state index in [1.165, 1.54) is 6.20 Å². The number of anilines is 3. The number of hydrogen-bond acceptors (Lipinski definition) is 9. The average molecular weight is 503 g/mol. The molecule has 3 N–H and O–H groups in total. The zero-order chi connectivity index (χ0) is 25.7. The minimum atomic E-state index is -4.72. The van der Waals surface area contributed by atoms with Crippen molar-refractivity contribution in [2.24, 2.45) is 0 Å². The number of aliphatic hydroxyl groups is 1.